The summed E-state index contributed by atoms with van der Waals surface area (Å²) in [4.78, 5) is 61.6. The van der Waals surface area contributed by atoms with Crippen LogP contribution in [0.4, 0.5) is 5.69 Å². The summed E-state index contributed by atoms with van der Waals surface area (Å²) >= 11 is 0. The van der Waals surface area contributed by atoms with Crippen LogP contribution in [0.25, 0.3) is 10.8 Å². The molecule has 0 spiro atoms. The van der Waals surface area contributed by atoms with Crippen molar-refractivity contribution in [3.05, 3.63) is 69.6 Å². The van der Waals surface area contributed by atoms with E-state index in [1.54, 1.807) is 24.3 Å². The number of esters is 3. The van der Waals surface area contributed by atoms with Crippen molar-refractivity contribution in [2.75, 3.05) is 26.1 Å². The molecule has 2 aromatic carbocycles. The normalized spacial score (nSPS) is 10.5. The van der Waals surface area contributed by atoms with E-state index in [1.165, 1.54) is 37.1 Å². The number of hydrogen-bond donors (Lipinski definition) is 1. The van der Waals surface area contributed by atoms with Gasteiger partial charge in [-0.3, -0.25) is 9.59 Å². The van der Waals surface area contributed by atoms with E-state index in [0.717, 1.165) is 0 Å². The minimum atomic E-state index is -0.889. The molecule has 1 heterocycles. The SMILES string of the molecule is CCCn1nc(C(=O)OCC(=O)Nc2cc(C(=O)OC)cc(C(=O)OC)c2)c2ccccc2c1=O. The van der Waals surface area contributed by atoms with Crippen molar-refractivity contribution in [3.63, 3.8) is 0 Å². The third kappa shape index (κ3) is 5.69. The minimum Gasteiger partial charge on any atom is -0.465 e. The summed E-state index contributed by atoms with van der Waals surface area (Å²) in [7, 11) is 2.35. The van der Waals surface area contributed by atoms with Gasteiger partial charge >= 0.3 is 17.9 Å². The van der Waals surface area contributed by atoms with Crippen LogP contribution < -0.4 is 10.9 Å². The van der Waals surface area contributed by atoms with E-state index >= 15 is 0 Å². The van der Waals surface area contributed by atoms with Gasteiger partial charge in [0.1, 0.15) is 0 Å². The predicted octanol–water partition coefficient (Wildman–Crippen LogP) is 2.18. The zero-order valence-corrected chi connectivity index (χ0v) is 19.3. The Balaban J connectivity index is 1.80. The lowest BCUT2D eigenvalue weighted by atomic mass is 10.1. The molecule has 3 rings (SSSR count). The van der Waals surface area contributed by atoms with E-state index < -0.39 is 30.4 Å². The zero-order valence-electron chi connectivity index (χ0n) is 19.3. The number of aryl methyl sites for hydroxylation is 1. The largest absolute Gasteiger partial charge is 0.465 e. The number of aromatic nitrogens is 2. The Hall–Kier alpha value is -4.54. The fraction of sp³-hybridized carbons (Fsp3) is 0.250. The third-order valence-electron chi connectivity index (χ3n) is 4.89. The maximum absolute atomic E-state index is 12.7. The summed E-state index contributed by atoms with van der Waals surface area (Å²) in [6, 6.07) is 10.3. The molecule has 11 heteroatoms. The molecule has 0 aliphatic heterocycles. The highest BCUT2D eigenvalue weighted by atomic mass is 16.5. The van der Waals surface area contributed by atoms with Gasteiger partial charge in [-0.1, -0.05) is 25.1 Å². The second-order valence-corrected chi connectivity index (χ2v) is 7.33. The Kier molecular flexibility index (Phi) is 7.92. The van der Waals surface area contributed by atoms with Crippen LogP contribution in [0.15, 0.2) is 47.3 Å². The number of fused-ring (bicyclic) bond motifs is 1. The monoisotopic (exact) mass is 481 g/mol. The van der Waals surface area contributed by atoms with Crippen LogP contribution in [-0.4, -0.2) is 54.4 Å². The molecule has 1 amide bonds. The highest BCUT2D eigenvalue weighted by molar-refractivity contribution is 6.04. The average molecular weight is 481 g/mol. The first-order valence-corrected chi connectivity index (χ1v) is 10.6. The molecule has 0 radical (unpaired) electrons. The van der Waals surface area contributed by atoms with Crippen molar-refractivity contribution in [1.29, 1.82) is 0 Å². The zero-order chi connectivity index (χ0) is 25.5. The van der Waals surface area contributed by atoms with Gasteiger partial charge < -0.3 is 19.5 Å². The highest BCUT2D eigenvalue weighted by Crippen LogP contribution is 2.18. The van der Waals surface area contributed by atoms with Crippen LogP contribution in [0.3, 0.4) is 0 Å². The summed E-state index contributed by atoms with van der Waals surface area (Å²) in [5.41, 5.74) is -0.312. The molecule has 0 aliphatic carbocycles. The van der Waals surface area contributed by atoms with E-state index in [1.807, 2.05) is 6.92 Å². The number of carbonyl (C=O) groups excluding carboxylic acids is 4. The van der Waals surface area contributed by atoms with Crippen LogP contribution >= 0.6 is 0 Å². The highest BCUT2D eigenvalue weighted by Gasteiger charge is 2.20. The summed E-state index contributed by atoms with van der Waals surface area (Å²) < 4.78 is 15.6. The van der Waals surface area contributed by atoms with Crippen LogP contribution in [0, 0.1) is 0 Å². The average Bonchev–Trinajstić information content (AvgIpc) is 2.87. The second kappa shape index (κ2) is 11.1. The predicted molar refractivity (Wildman–Crippen MR) is 124 cm³/mol. The fourth-order valence-electron chi connectivity index (χ4n) is 3.32. The molecule has 0 atom stereocenters. The van der Waals surface area contributed by atoms with Crippen molar-refractivity contribution in [3.8, 4) is 0 Å². The molecule has 1 N–H and O–H groups in total. The number of nitrogens with zero attached hydrogens (tertiary/aromatic N) is 2. The standard InChI is InChI=1S/C24H23N3O8/c1-4-9-27-21(29)18-8-6-5-7-17(18)20(26-27)24(32)35-13-19(28)25-16-11-14(22(30)33-2)10-15(12-16)23(31)34-3/h5-8,10-12H,4,9,13H2,1-3H3,(H,25,28). The fourth-order valence-corrected chi connectivity index (χ4v) is 3.32. The minimum absolute atomic E-state index is 0.0107. The van der Waals surface area contributed by atoms with Crippen LogP contribution in [0.2, 0.25) is 0 Å². The summed E-state index contributed by atoms with van der Waals surface area (Å²) in [5.74, 6) is -3.07. The van der Waals surface area contributed by atoms with E-state index in [4.69, 9.17) is 4.74 Å². The molecule has 0 fully saturated rings. The lowest BCUT2D eigenvalue weighted by Crippen LogP contribution is -2.27. The first kappa shape index (κ1) is 25.1. The summed E-state index contributed by atoms with van der Waals surface area (Å²) in [5, 5.41) is 7.20. The second-order valence-electron chi connectivity index (χ2n) is 7.33. The number of amides is 1. The molecule has 0 saturated carbocycles. The Morgan fingerprint density at radius 3 is 2.09 bits per heavy atom. The maximum Gasteiger partial charge on any atom is 0.359 e. The van der Waals surface area contributed by atoms with Gasteiger partial charge in [-0.15, -0.1) is 0 Å². The van der Waals surface area contributed by atoms with Gasteiger partial charge in [-0.2, -0.15) is 5.10 Å². The molecule has 35 heavy (non-hydrogen) atoms. The van der Waals surface area contributed by atoms with Crippen LogP contribution in [0.5, 0.6) is 0 Å². The van der Waals surface area contributed by atoms with Crippen molar-refractivity contribution in [1.82, 2.24) is 9.78 Å². The maximum atomic E-state index is 12.7. The molecule has 0 aliphatic rings. The van der Waals surface area contributed by atoms with Gasteiger partial charge in [-0.25, -0.2) is 19.1 Å². The van der Waals surface area contributed by atoms with Gasteiger partial charge in [0.2, 0.25) is 0 Å². The molecule has 182 valence electrons. The number of benzene rings is 2. The third-order valence-corrected chi connectivity index (χ3v) is 4.89. The number of rotatable bonds is 8. The van der Waals surface area contributed by atoms with E-state index in [0.29, 0.717) is 23.7 Å². The Bertz CT molecular complexity index is 1330. The molecular formula is C24H23N3O8. The Labute approximate surface area is 199 Å². The number of carbonyl (C=O) groups is 4. The van der Waals surface area contributed by atoms with Gasteiger partial charge in [0.15, 0.2) is 12.3 Å². The lowest BCUT2D eigenvalue weighted by Gasteiger charge is -2.11. The Morgan fingerprint density at radius 2 is 1.51 bits per heavy atom. The molecule has 3 aromatic rings. The summed E-state index contributed by atoms with van der Waals surface area (Å²) in [6.45, 7) is 1.49. The van der Waals surface area contributed by atoms with Gasteiger partial charge in [0.05, 0.1) is 30.7 Å². The number of anilines is 1. The van der Waals surface area contributed by atoms with Crippen LogP contribution in [-0.2, 0) is 25.5 Å². The smallest absolute Gasteiger partial charge is 0.359 e. The number of hydrogen-bond acceptors (Lipinski definition) is 9. The van der Waals surface area contributed by atoms with Gasteiger partial charge in [0.25, 0.3) is 11.5 Å². The molecule has 1 aromatic heterocycles. The van der Waals surface area contributed by atoms with Gasteiger partial charge in [0, 0.05) is 17.6 Å². The topological polar surface area (TPSA) is 143 Å². The van der Waals surface area contributed by atoms with Crippen molar-refractivity contribution in [2.45, 2.75) is 19.9 Å². The number of nitrogens with one attached hydrogen (secondary N) is 1. The van der Waals surface area contributed by atoms with E-state index in [9.17, 15) is 24.0 Å². The van der Waals surface area contributed by atoms with E-state index in [-0.39, 0.29) is 28.1 Å². The van der Waals surface area contributed by atoms with E-state index in [2.05, 4.69) is 19.9 Å². The quantitative estimate of drug-likeness (QED) is 0.378. The molecule has 0 saturated heterocycles. The molecular weight excluding hydrogens is 458 g/mol. The van der Waals surface area contributed by atoms with Gasteiger partial charge in [-0.05, 0) is 30.7 Å². The first-order chi connectivity index (χ1) is 16.8. The Morgan fingerprint density at radius 1 is 0.914 bits per heavy atom. The molecule has 0 unspecified atom stereocenters. The number of ether oxygens (including phenoxy) is 3. The molecule has 11 nitrogen and oxygen atoms in total. The number of methoxy groups -OCH3 is 2. The van der Waals surface area contributed by atoms with Crippen molar-refractivity contribution in [2.24, 2.45) is 0 Å². The summed E-state index contributed by atoms with van der Waals surface area (Å²) in [6.07, 6.45) is 0.625. The van der Waals surface area contributed by atoms with Crippen LogP contribution in [0.1, 0.15) is 44.5 Å². The molecule has 0 bridgehead atoms. The van der Waals surface area contributed by atoms with Crippen molar-refractivity contribution >= 4 is 40.3 Å². The first-order valence-electron chi connectivity index (χ1n) is 10.6. The van der Waals surface area contributed by atoms with Crippen molar-refractivity contribution < 1.29 is 33.4 Å². The lowest BCUT2D eigenvalue weighted by molar-refractivity contribution is -0.119.